The molecule has 0 aliphatic rings. The second-order valence-corrected chi connectivity index (χ2v) is 5.64. The van der Waals surface area contributed by atoms with Crippen molar-refractivity contribution in [3.8, 4) is 0 Å². The lowest BCUT2D eigenvalue weighted by atomic mass is 10.1. The fourth-order valence-electron chi connectivity index (χ4n) is 1.81. The number of amides is 1. The first-order valence-corrected chi connectivity index (χ1v) is 7.75. The van der Waals surface area contributed by atoms with Crippen LogP contribution in [0.1, 0.15) is 29.3 Å². The molecule has 1 N–H and O–H groups in total. The fourth-order valence-corrected chi connectivity index (χ4v) is 2.07. The van der Waals surface area contributed by atoms with E-state index in [1.165, 1.54) is 0 Å². The van der Waals surface area contributed by atoms with E-state index in [2.05, 4.69) is 21.2 Å². The first-order chi connectivity index (χ1) is 10.6. The minimum absolute atomic E-state index is 0.0197. The number of halogens is 1. The summed E-state index contributed by atoms with van der Waals surface area (Å²) >= 11 is 3.34. The summed E-state index contributed by atoms with van der Waals surface area (Å²) in [6.07, 6.45) is 3.75. The van der Waals surface area contributed by atoms with Gasteiger partial charge in [-0.15, -0.1) is 0 Å². The Kier molecular flexibility index (Phi) is 5.67. The SMILES string of the molecule is CCC(=O)Nc1ccc(/C=C\C(=O)c2ccc(Br)cc2)cc1. The number of nitrogens with one attached hydrogen (secondary N) is 1. The zero-order chi connectivity index (χ0) is 15.9. The molecule has 0 bridgehead atoms. The molecular formula is C18H16BrNO2. The number of ketones is 1. The molecule has 4 heteroatoms. The minimum Gasteiger partial charge on any atom is -0.326 e. The summed E-state index contributed by atoms with van der Waals surface area (Å²) in [5.74, 6) is -0.0652. The lowest BCUT2D eigenvalue weighted by Crippen LogP contribution is -2.08. The van der Waals surface area contributed by atoms with Crippen LogP contribution >= 0.6 is 15.9 Å². The monoisotopic (exact) mass is 357 g/mol. The van der Waals surface area contributed by atoms with Crippen molar-refractivity contribution in [1.29, 1.82) is 0 Å². The van der Waals surface area contributed by atoms with E-state index < -0.39 is 0 Å². The number of hydrogen-bond acceptors (Lipinski definition) is 2. The first-order valence-electron chi connectivity index (χ1n) is 6.96. The summed E-state index contributed by atoms with van der Waals surface area (Å²) in [7, 11) is 0. The quantitative estimate of drug-likeness (QED) is 0.622. The summed E-state index contributed by atoms with van der Waals surface area (Å²) in [6, 6.07) is 14.6. The minimum atomic E-state index is -0.0455. The number of anilines is 1. The molecule has 0 aliphatic carbocycles. The van der Waals surface area contributed by atoms with Crippen molar-refractivity contribution in [1.82, 2.24) is 0 Å². The molecule has 3 nitrogen and oxygen atoms in total. The summed E-state index contributed by atoms with van der Waals surface area (Å²) in [4.78, 5) is 23.3. The maximum absolute atomic E-state index is 12.0. The van der Waals surface area contributed by atoms with E-state index in [4.69, 9.17) is 0 Å². The molecule has 0 heterocycles. The van der Waals surface area contributed by atoms with Gasteiger partial charge >= 0.3 is 0 Å². The van der Waals surface area contributed by atoms with Gasteiger partial charge < -0.3 is 5.32 Å². The number of hydrogen-bond donors (Lipinski definition) is 1. The standard InChI is InChI=1S/C18H16BrNO2/c1-2-18(22)20-16-10-3-13(4-11-16)5-12-17(21)14-6-8-15(19)9-7-14/h3-12H,2H2,1H3,(H,20,22)/b12-5-. The van der Waals surface area contributed by atoms with Gasteiger partial charge in [0.1, 0.15) is 0 Å². The van der Waals surface area contributed by atoms with Crippen molar-refractivity contribution in [3.05, 3.63) is 70.2 Å². The summed E-state index contributed by atoms with van der Waals surface area (Å²) in [5.41, 5.74) is 2.30. The molecule has 0 fully saturated rings. The van der Waals surface area contributed by atoms with Gasteiger partial charge in [0.2, 0.25) is 5.91 Å². The summed E-state index contributed by atoms with van der Waals surface area (Å²) in [5, 5.41) is 2.78. The predicted octanol–water partition coefficient (Wildman–Crippen LogP) is 4.69. The van der Waals surface area contributed by atoms with Crippen molar-refractivity contribution >= 4 is 39.4 Å². The molecule has 112 valence electrons. The van der Waals surface area contributed by atoms with Crippen LogP contribution in [0.15, 0.2) is 59.1 Å². The second kappa shape index (κ2) is 7.71. The van der Waals surface area contributed by atoms with Crippen LogP contribution in [0, 0.1) is 0 Å². The molecule has 0 atom stereocenters. The zero-order valence-electron chi connectivity index (χ0n) is 12.2. The highest BCUT2D eigenvalue weighted by atomic mass is 79.9. The van der Waals surface area contributed by atoms with E-state index in [1.54, 1.807) is 31.2 Å². The summed E-state index contributed by atoms with van der Waals surface area (Å²) in [6.45, 7) is 1.81. The maximum Gasteiger partial charge on any atom is 0.224 e. The molecule has 0 saturated carbocycles. The second-order valence-electron chi connectivity index (χ2n) is 4.73. The number of allylic oxidation sites excluding steroid dienone is 1. The van der Waals surface area contributed by atoms with E-state index in [0.29, 0.717) is 12.0 Å². The highest BCUT2D eigenvalue weighted by Gasteiger charge is 2.01. The largest absolute Gasteiger partial charge is 0.326 e. The molecular weight excluding hydrogens is 342 g/mol. The van der Waals surface area contributed by atoms with Crippen LogP contribution in [-0.4, -0.2) is 11.7 Å². The van der Waals surface area contributed by atoms with Crippen LogP contribution in [0.3, 0.4) is 0 Å². The molecule has 0 saturated heterocycles. The average Bonchev–Trinajstić information content (AvgIpc) is 2.54. The topological polar surface area (TPSA) is 46.2 Å². The van der Waals surface area contributed by atoms with Gasteiger partial charge in [0, 0.05) is 22.1 Å². The first kappa shape index (κ1) is 16.2. The Morgan fingerprint density at radius 3 is 2.27 bits per heavy atom. The summed E-state index contributed by atoms with van der Waals surface area (Å²) < 4.78 is 0.942. The van der Waals surface area contributed by atoms with Gasteiger partial charge in [0.05, 0.1) is 0 Å². The molecule has 1 amide bonds. The van der Waals surface area contributed by atoms with E-state index in [9.17, 15) is 9.59 Å². The van der Waals surface area contributed by atoms with E-state index in [-0.39, 0.29) is 11.7 Å². The number of benzene rings is 2. The molecule has 0 aliphatic heterocycles. The lowest BCUT2D eigenvalue weighted by Gasteiger charge is -2.03. The molecule has 2 aromatic carbocycles. The number of carbonyl (C=O) groups excluding carboxylic acids is 2. The predicted molar refractivity (Wildman–Crippen MR) is 92.9 cm³/mol. The number of carbonyl (C=O) groups is 2. The molecule has 22 heavy (non-hydrogen) atoms. The van der Waals surface area contributed by atoms with Crippen molar-refractivity contribution < 1.29 is 9.59 Å². The van der Waals surface area contributed by atoms with E-state index >= 15 is 0 Å². The van der Waals surface area contributed by atoms with Gasteiger partial charge in [-0.3, -0.25) is 9.59 Å². The Morgan fingerprint density at radius 1 is 1.05 bits per heavy atom. The Balaban J connectivity index is 2.02. The van der Waals surface area contributed by atoms with Crippen molar-refractivity contribution in [2.45, 2.75) is 13.3 Å². The van der Waals surface area contributed by atoms with E-state index in [0.717, 1.165) is 15.7 Å². The Morgan fingerprint density at radius 2 is 1.68 bits per heavy atom. The van der Waals surface area contributed by atoms with Crippen molar-refractivity contribution in [2.75, 3.05) is 5.32 Å². The van der Waals surface area contributed by atoms with Crippen LogP contribution in [0.2, 0.25) is 0 Å². The third kappa shape index (κ3) is 4.67. The number of rotatable bonds is 5. The van der Waals surface area contributed by atoms with Gasteiger partial charge in [-0.1, -0.05) is 41.1 Å². The Labute approximate surface area is 138 Å². The van der Waals surface area contributed by atoms with Gasteiger partial charge in [-0.05, 0) is 48.0 Å². The Bertz CT molecular complexity index is 688. The van der Waals surface area contributed by atoms with Crippen LogP contribution in [0.4, 0.5) is 5.69 Å². The normalized spacial score (nSPS) is 10.6. The lowest BCUT2D eigenvalue weighted by molar-refractivity contribution is -0.115. The molecule has 0 radical (unpaired) electrons. The maximum atomic E-state index is 12.0. The zero-order valence-corrected chi connectivity index (χ0v) is 13.8. The third-order valence-corrected chi connectivity index (χ3v) is 3.60. The fraction of sp³-hybridized carbons (Fsp3) is 0.111. The van der Waals surface area contributed by atoms with E-state index in [1.807, 2.05) is 36.4 Å². The highest BCUT2D eigenvalue weighted by Crippen LogP contribution is 2.13. The molecule has 2 aromatic rings. The Hall–Kier alpha value is -2.20. The van der Waals surface area contributed by atoms with Gasteiger partial charge in [-0.2, -0.15) is 0 Å². The molecule has 2 rings (SSSR count). The van der Waals surface area contributed by atoms with Gasteiger partial charge in [-0.25, -0.2) is 0 Å². The van der Waals surface area contributed by atoms with Crippen LogP contribution in [-0.2, 0) is 4.79 Å². The van der Waals surface area contributed by atoms with Gasteiger partial charge in [0.25, 0.3) is 0 Å². The third-order valence-electron chi connectivity index (χ3n) is 3.07. The molecule has 0 aromatic heterocycles. The highest BCUT2D eigenvalue weighted by molar-refractivity contribution is 9.10. The smallest absolute Gasteiger partial charge is 0.224 e. The van der Waals surface area contributed by atoms with Crippen molar-refractivity contribution in [3.63, 3.8) is 0 Å². The van der Waals surface area contributed by atoms with Crippen LogP contribution in [0.25, 0.3) is 6.08 Å². The van der Waals surface area contributed by atoms with Crippen molar-refractivity contribution in [2.24, 2.45) is 0 Å². The van der Waals surface area contributed by atoms with Gasteiger partial charge in [0.15, 0.2) is 5.78 Å². The van der Waals surface area contributed by atoms with Crippen LogP contribution in [0.5, 0.6) is 0 Å². The average molecular weight is 358 g/mol. The van der Waals surface area contributed by atoms with Crippen LogP contribution < -0.4 is 5.32 Å². The molecule has 0 spiro atoms. The molecule has 0 unspecified atom stereocenters.